The van der Waals surface area contributed by atoms with Gasteiger partial charge >= 0.3 is 5.76 Å². The topological polar surface area (TPSA) is 84.3 Å². The van der Waals surface area contributed by atoms with Crippen LogP contribution in [-0.4, -0.2) is 18.0 Å². The van der Waals surface area contributed by atoms with Gasteiger partial charge in [-0.2, -0.15) is 0 Å². The molecule has 1 amide bonds. The van der Waals surface area contributed by atoms with Crippen molar-refractivity contribution in [2.45, 2.75) is 0 Å². The maximum atomic E-state index is 12.2. The van der Waals surface area contributed by atoms with Crippen LogP contribution in [0, 0.1) is 0 Å². The van der Waals surface area contributed by atoms with Gasteiger partial charge in [0.15, 0.2) is 5.58 Å². The van der Waals surface area contributed by atoms with Gasteiger partial charge < -0.3 is 14.5 Å². The predicted octanol–water partition coefficient (Wildman–Crippen LogP) is 2.38. The minimum absolute atomic E-state index is 0.294. The zero-order chi connectivity index (χ0) is 14.8. The molecule has 3 rings (SSSR count). The average Bonchev–Trinajstić information content (AvgIpc) is 2.86. The summed E-state index contributed by atoms with van der Waals surface area (Å²) in [4.78, 5) is 25.9. The Balaban J connectivity index is 1.90. The summed E-state index contributed by atoms with van der Waals surface area (Å²) in [7, 11) is 1.51. The fraction of sp³-hybridized carbons (Fsp3) is 0.0667. The molecule has 0 unspecified atom stereocenters. The third-order valence-electron chi connectivity index (χ3n) is 3.03. The molecular formula is C15H12N2O4. The van der Waals surface area contributed by atoms with E-state index in [1.807, 2.05) is 0 Å². The number of H-pyrrole nitrogens is 1. The van der Waals surface area contributed by atoms with E-state index in [-0.39, 0.29) is 5.91 Å². The van der Waals surface area contributed by atoms with E-state index < -0.39 is 5.76 Å². The lowest BCUT2D eigenvalue weighted by Crippen LogP contribution is -2.13. The number of ether oxygens (including phenoxy) is 1. The molecule has 6 heteroatoms. The fourth-order valence-corrected chi connectivity index (χ4v) is 2.06. The lowest BCUT2D eigenvalue weighted by atomic mass is 10.2. The summed E-state index contributed by atoms with van der Waals surface area (Å²) in [6.45, 7) is 0. The number of aromatic nitrogens is 1. The number of oxazole rings is 1. The van der Waals surface area contributed by atoms with Gasteiger partial charge in [-0.1, -0.05) is 12.1 Å². The van der Waals surface area contributed by atoms with E-state index in [0.29, 0.717) is 28.1 Å². The summed E-state index contributed by atoms with van der Waals surface area (Å²) in [6.07, 6.45) is 0. The molecule has 106 valence electrons. The lowest BCUT2D eigenvalue weighted by Gasteiger charge is -2.08. The Labute approximate surface area is 119 Å². The number of carbonyl (C=O) groups is 1. The number of fused-ring (bicyclic) bond motifs is 1. The number of carbonyl (C=O) groups excluding carboxylic acids is 1. The molecule has 0 bridgehead atoms. The number of hydrogen-bond donors (Lipinski definition) is 2. The average molecular weight is 284 g/mol. The smallest absolute Gasteiger partial charge is 0.417 e. The molecule has 21 heavy (non-hydrogen) atoms. The van der Waals surface area contributed by atoms with Crippen LogP contribution in [0.5, 0.6) is 5.75 Å². The van der Waals surface area contributed by atoms with Crippen molar-refractivity contribution in [3.8, 4) is 5.75 Å². The first-order chi connectivity index (χ1) is 10.2. The van der Waals surface area contributed by atoms with Gasteiger partial charge in [0, 0.05) is 5.69 Å². The number of amides is 1. The van der Waals surface area contributed by atoms with Crippen LogP contribution in [0.2, 0.25) is 0 Å². The van der Waals surface area contributed by atoms with E-state index in [1.165, 1.54) is 7.11 Å². The molecule has 3 aromatic rings. The summed E-state index contributed by atoms with van der Waals surface area (Å²) >= 11 is 0. The third kappa shape index (κ3) is 2.51. The highest BCUT2D eigenvalue weighted by atomic mass is 16.5. The van der Waals surface area contributed by atoms with E-state index in [9.17, 15) is 9.59 Å². The minimum atomic E-state index is -0.529. The largest absolute Gasteiger partial charge is 0.496 e. The first kappa shape index (κ1) is 13.0. The van der Waals surface area contributed by atoms with Gasteiger partial charge in [0.25, 0.3) is 5.91 Å². The molecule has 6 nitrogen and oxygen atoms in total. The molecule has 0 saturated carbocycles. The summed E-state index contributed by atoms with van der Waals surface area (Å²) < 4.78 is 10.1. The Morgan fingerprint density at radius 2 is 2.05 bits per heavy atom. The molecule has 0 aliphatic rings. The molecule has 0 fully saturated rings. The molecule has 1 heterocycles. The van der Waals surface area contributed by atoms with Gasteiger partial charge in [-0.3, -0.25) is 9.78 Å². The summed E-state index contributed by atoms with van der Waals surface area (Å²) in [5.74, 6) is -0.330. The molecule has 0 saturated heterocycles. The summed E-state index contributed by atoms with van der Waals surface area (Å²) in [6, 6.07) is 11.8. The minimum Gasteiger partial charge on any atom is -0.496 e. The van der Waals surface area contributed by atoms with Crippen molar-refractivity contribution in [2.24, 2.45) is 0 Å². The molecule has 0 aliphatic heterocycles. The second-order valence-electron chi connectivity index (χ2n) is 4.38. The van der Waals surface area contributed by atoms with Crippen molar-refractivity contribution in [2.75, 3.05) is 12.4 Å². The highest BCUT2D eigenvalue weighted by Crippen LogP contribution is 2.21. The van der Waals surface area contributed by atoms with Crippen LogP contribution in [0.25, 0.3) is 11.1 Å². The predicted molar refractivity (Wildman–Crippen MR) is 77.8 cm³/mol. The fourth-order valence-electron chi connectivity index (χ4n) is 2.06. The van der Waals surface area contributed by atoms with E-state index in [1.54, 1.807) is 42.5 Å². The van der Waals surface area contributed by atoms with E-state index in [0.717, 1.165) is 0 Å². The lowest BCUT2D eigenvalue weighted by molar-refractivity contribution is 0.102. The first-order valence-electron chi connectivity index (χ1n) is 6.24. The maximum absolute atomic E-state index is 12.2. The Morgan fingerprint density at radius 3 is 2.86 bits per heavy atom. The van der Waals surface area contributed by atoms with Crippen molar-refractivity contribution < 1.29 is 13.9 Å². The number of aromatic amines is 1. The number of anilines is 1. The van der Waals surface area contributed by atoms with Crippen molar-refractivity contribution in [3.05, 3.63) is 58.6 Å². The van der Waals surface area contributed by atoms with Gasteiger partial charge in [0.2, 0.25) is 0 Å². The Bertz CT molecular complexity index is 863. The Morgan fingerprint density at radius 1 is 1.24 bits per heavy atom. The number of hydrogen-bond acceptors (Lipinski definition) is 4. The molecule has 0 aliphatic carbocycles. The van der Waals surface area contributed by atoms with Gasteiger partial charge in [0.05, 0.1) is 18.2 Å². The molecule has 0 spiro atoms. The van der Waals surface area contributed by atoms with Crippen LogP contribution in [0.3, 0.4) is 0 Å². The zero-order valence-corrected chi connectivity index (χ0v) is 11.2. The maximum Gasteiger partial charge on any atom is 0.417 e. The van der Waals surface area contributed by atoms with Gasteiger partial charge in [0.1, 0.15) is 5.75 Å². The second-order valence-corrected chi connectivity index (χ2v) is 4.38. The number of rotatable bonds is 3. The Hall–Kier alpha value is -3.02. The number of para-hydroxylation sites is 1. The highest BCUT2D eigenvalue weighted by molar-refractivity contribution is 6.06. The highest BCUT2D eigenvalue weighted by Gasteiger charge is 2.12. The van der Waals surface area contributed by atoms with Crippen LogP contribution in [0.1, 0.15) is 10.4 Å². The molecule has 2 aromatic carbocycles. The molecular weight excluding hydrogens is 272 g/mol. The van der Waals surface area contributed by atoms with Crippen LogP contribution in [-0.2, 0) is 0 Å². The first-order valence-corrected chi connectivity index (χ1v) is 6.24. The van der Waals surface area contributed by atoms with Crippen molar-refractivity contribution in [1.29, 1.82) is 0 Å². The standard InChI is InChI=1S/C15H12N2O4/c1-20-12-5-3-2-4-10(12)14(18)16-9-6-7-13-11(8-9)17-15(19)21-13/h2-8H,1H3,(H,16,18)(H,17,19). The zero-order valence-electron chi connectivity index (χ0n) is 11.2. The van der Waals surface area contributed by atoms with Crippen LogP contribution in [0.15, 0.2) is 51.7 Å². The van der Waals surface area contributed by atoms with E-state index in [4.69, 9.17) is 9.15 Å². The van der Waals surface area contributed by atoms with Gasteiger partial charge in [-0.15, -0.1) is 0 Å². The SMILES string of the molecule is COc1ccccc1C(=O)Nc1ccc2oc(=O)[nH]c2c1. The van der Waals surface area contributed by atoms with Crippen molar-refractivity contribution in [1.82, 2.24) is 4.98 Å². The summed E-state index contributed by atoms with van der Waals surface area (Å²) in [5, 5.41) is 2.75. The monoisotopic (exact) mass is 284 g/mol. The van der Waals surface area contributed by atoms with Crippen LogP contribution in [0.4, 0.5) is 5.69 Å². The van der Waals surface area contributed by atoms with Gasteiger partial charge in [-0.05, 0) is 30.3 Å². The number of methoxy groups -OCH3 is 1. The number of nitrogens with one attached hydrogen (secondary N) is 2. The molecule has 2 N–H and O–H groups in total. The van der Waals surface area contributed by atoms with Crippen LogP contribution >= 0.6 is 0 Å². The number of benzene rings is 2. The molecule has 0 atom stereocenters. The van der Waals surface area contributed by atoms with Crippen molar-refractivity contribution >= 4 is 22.7 Å². The quantitative estimate of drug-likeness (QED) is 0.773. The molecule has 1 aromatic heterocycles. The normalized spacial score (nSPS) is 10.5. The van der Waals surface area contributed by atoms with Gasteiger partial charge in [-0.25, -0.2) is 4.79 Å². The summed E-state index contributed by atoms with van der Waals surface area (Å²) in [5.41, 5.74) is 1.95. The Kier molecular flexibility index (Phi) is 3.19. The molecule has 0 radical (unpaired) electrons. The third-order valence-corrected chi connectivity index (χ3v) is 3.03. The van der Waals surface area contributed by atoms with Crippen LogP contribution < -0.4 is 15.8 Å². The van der Waals surface area contributed by atoms with Crippen molar-refractivity contribution in [3.63, 3.8) is 0 Å². The second kappa shape index (κ2) is 5.16. The van der Waals surface area contributed by atoms with E-state index in [2.05, 4.69) is 10.3 Å². The van der Waals surface area contributed by atoms with E-state index >= 15 is 0 Å².